The molecule has 36 heavy (non-hydrogen) atoms. The maximum absolute atomic E-state index is 13.6. The van der Waals surface area contributed by atoms with Crippen LogP contribution < -0.4 is 19.7 Å². The van der Waals surface area contributed by atoms with Gasteiger partial charge >= 0.3 is 0 Å². The Hall–Kier alpha value is -3.95. The average molecular weight is 495 g/mol. The Labute approximate surface area is 211 Å². The van der Waals surface area contributed by atoms with Gasteiger partial charge in [0.05, 0.1) is 14.2 Å². The molecule has 0 aliphatic rings. The van der Waals surface area contributed by atoms with Crippen molar-refractivity contribution in [2.24, 2.45) is 0 Å². The fourth-order valence-corrected chi connectivity index (χ4v) is 3.85. The molecule has 1 heterocycles. The first kappa shape index (κ1) is 26.7. The number of aromatic nitrogens is 4. The molecule has 0 aliphatic carbocycles. The van der Waals surface area contributed by atoms with Crippen LogP contribution in [0, 0.1) is 6.92 Å². The van der Waals surface area contributed by atoms with Gasteiger partial charge in [0.25, 0.3) is 5.91 Å². The number of carbonyl (C=O) groups is 2. The lowest BCUT2D eigenvalue weighted by atomic mass is 10.0. The molecule has 0 saturated heterocycles. The molecule has 0 fully saturated rings. The van der Waals surface area contributed by atoms with Crippen molar-refractivity contribution in [1.82, 2.24) is 25.5 Å². The van der Waals surface area contributed by atoms with E-state index in [4.69, 9.17) is 9.47 Å². The van der Waals surface area contributed by atoms with Gasteiger partial charge in [-0.2, -0.15) is 4.80 Å². The molecule has 0 spiro atoms. The quantitative estimate of drug-likeness (QED) is 0.485. The molecule has 2 aromatic carbocycles. The number of ether oxygens (including phenoxy) is 2. The molecule has 0 radical (unpaired) electrons. The fraction of sp³-hybridized carbons (Fsp3) is 0.423. The number of aryl methyl sites for hydroxylation is 1. The molecule has 2 amide bonds. The Balaban J connectivity index is 1.91. The van der Waals surface area contributed by atoms with Crippen molar-refractivity contribution in [3.05, 3.63) is 48.0 Å². The van der Waals surface area contributed by atoms with Crippen LogP contribution in [0.2, 0.25) is 0 Å². The second-order valence-electron chi connectivity index (χ2n) is 9.43. The van der Waals surface area contributed by atoms with Crippen molar-refractivity contribution in [3.63, 3.8) is 0 Å². The first-order valence-electron chi connectivity index (χ1n) is 11.8. The number of carbonyl (C=O) groups excluding carboxylic acids is 2. The summed E-state index contributed by atoms with van der Waals surface area (Å²) in [7, 11) is 3.11. The van der Waals surface area contributed by atoms with Gasteiger partial charge in [0.2, 0.25) is 11.7 Å². The van der Waals surface area contributed by atoms with Gasteiger partial charge < -0.3 is 14.8 Å². The highest BCUT2D eigenvalue weighted by molar-refractivity contribution is 6.01. The molecule has 192 valence electrons. The summed E-state index contributed by atoms with van der Waals surface area (Å²) in [5.41, 5.74) is 1.77. The average Bonchev–Trinajstić information content (AvgIpc) is 3.29. The number of amides is 2. The molecule has 0 saturated carbocycles. The van der Waals surface area contributed by atoms with Crippen molar-refractivity contribution in [2.45, 2.75) is 59.2 Å². The highest BCUT2D eigenvalue weighted by Crippen LogP contribution is 2.31. The normalized spacial score (nSPS) is 12.1. The maximum Gasteiger partial charge on any atom is 0.251 e. The predicted molar refractivity (Wildman–Crippen MR) is 137 cm³/mol. The summed E-state index contributed by atoms with van der Waals surface area (Å²) in [6, 6.07) is 12.1. The molecule has 10 nitrogen and oxygen atoms in total. The number of nitrogens with zero attached hydrogens (tertiary/aromatic N) is 5. The van der Waals surface area contributed by atoms with Crippen LogP contribution in [0.4, 0.5) is 5.69 Å². The molecule has 1 N–H and O–H groups in total. The summed E-state index contributed by atoms with van der Waals surface area (Å²) < 4.78 is 10.6. The first-order chi connectivity index (χ1) is 17.1. The Morgan fingerprint density at radius 1 is 1.08 bits per heavy atom. The third kappa shape index (κ3) is 6.18. The van der Waals surface area contributed by atoms with Crippen molar-refractivity contribution in [2.75, 3.05) is 19.1 Å². The van der Waals surface area contributed by atoms with E-state index in [1.54, 1.807) is 32.4 Å². The van der Waals surface area contributed by atoms with Crippen molar-refractivity contribution in [3.8, 4) is 22.9 Å². The molecule has 3 rings (SSSR count). The smallest absolute Gasteiger partial charge is 0.251 e. The van der Waals surface area contributed by atoms with Crippen molar-refractivity contribution >= 4 is 17.5 Å². The topological polar surface area (TPSA) is 111 Å². The van der Waals surface area contributed by atoms with Crippen LogP contribution in [-0.4, -0.2) is 57.8 Å². The molecule has 1 unspecified atom stereocenters. The van der Waals surface area contributed by atoms with E-state index in [9.17, 15) is 9.59 Å². The third-order valence-electron chi connectivity index (χ3n) is 5.51. The number of methoxy groups -OCH3 is 2. The Morgan fingerprint density at radius 2 is 1.78 bits per heavy atom. The molecule has 3 aromatic rings. The standard InChI is InChI=1S/C26H34N6O4/c1-8-19(25(34)27-26(3,4)5)32(20-12-10-9-11-17(20)2)23(33)16-31-29-24(28-30-31)18-13-14-21(35-6)22(15-18)36-7/h9-15,19H,8,16H2,1-7H3,(H,27,34). The van der Waals surface area contributed by atoms with Gasteiger partial charge in [0.1, 0.15) is 12.6 Å². The van der Waals surface area contributed by atoms with Crippen molar-refractivity contribution < 1.29 is 19.1 Å². The van der Waals surface area contributed by atoms with Crippen LogP contribution in [0.5, 0.6) is 11.5 Å². The van der Waals surface area contributed by atoms with Crippen LogP contribution in [0.3, 0.4) is 0 Å². The van der Waals surface area contributed by atoms with Crippen LogP contribution in [0.25, 0.3) is 11.4 Å². The summed E-state index contributed by atoms with van der Waals surface area (Å²) in [6.45, 7) is 9.33. The van der Waals surface area contributed by atoms with Gasteiger partial charge in [-0.05, 0) is 69.2 Å². The summed E-state index contributed by atoms with van der Waals surface area (Å²) >= 11 is 0. The van der Waals surface area contributed by atoms with Gasteiger partial charge in [-0.25, -0.2) is 0 Å². The SMILES string of the molecule is CCC(C(=O)NC(C)(C)C)N(C(=O)Cn1nnc(-c2ccc(OC)c(OC)c2)n1)c1ccccc1C. The number of anilines is 1. The Bertz CT molecular complexity index is 1220. The number of nitrogens with one attached hydrogen (secondary N) is 1. The predicted octanol–water partition coefficient (Wildman–Crippen LogP) is 3.39. The van der Waals surface area contributed by atoms with Gasteiger partial charge in [-0.3, -0.25) is 14.5 Å². The minimum Gasteiger partial charge on any atom is -0.493 e. The highest BCUT2D eigenvalue weighted by atomic mass is 16.5. The largest absolute Gasteiger partial charge is 0.493 e. The van der Waals surface area contributed by atoms with E-state index < -0.39 is 11.6 Å². The minimum atomic E-state index is -0.702. The first-order valence-corrected chi connectivity index (χ1v) is 11.8. The number of benzene rings is 2. The molecule has 1 aromatic heterocycles. The number of para-hydroxylation sites is 1. The molecular weight excluding hydrogens is 460 g/mol. The van der Waals surface area contributed by atoms with Crippen LogP contribution in [-0.2, 0) is 16.1 Å². The van der Waals surface area contributed by atoms with Gasteiger partial charge in [0.15, 0.2) is 11.5 Å². The molecule has 10 heteroatoms. The summed E-state index contributed by atoms with van der Waals surface area (Å²) in [5.74, 6) is 0.903. The van der Waals surface area contributed by atoms with E-state index in [0.29, 0.717) is 35.0 Å². The van der Waals surface area contributed by atoms with E-state index in [-0.39, 0.29) is 18.4 Å². The number of hydrogen-bond donors (Lipinski definition) is 1. The molecule has 0 aliphatic heterocycles. The number of hydrogen-bond acceptors (Lipinski definition) is 7. The third-order valence-corrected chi connectivity index (χ3v) is 5.51. The zero-order chi connectivity index (χ0) is 26.5. The van der Waals surface area contributed by atoms with Crippen LogP contribution >= 0.6 is 0 Å². The van der Waals surface area contributed by atoms with Gasteiger partial charge in [-0.1, -0.05) is 25.1 Å². The fourth-order valence-electron chi connectivity index (χ4n) is 3.85. The van der Waals surface area contributed by atoms with Gasteiger partial charge in [0, 0.05) is 16.8 Å². The van der Waals surface area contributed by atoms with E-state index in [2.05, 4.69) is 20.7 Å². The Morgan fingerprint density at radius 3 is 2.39 bits per heavy atom. The summed E-state index contributed by atoms with van der Waals surface area (Å²) in [5, 5.41) is 15.6. The lowest BCUT2D eigenvalue weighted by molar-refractivity contribution is -0.128. The minimum absolute atomic E-state index is 0.187. The van der Waals surface area contributed by atoms with Crippen LogP contribution in [0.1, 0.15) is 39.7 Å². The lowest BCUT2D eigenvalue weighted by Gasteiger charge is -2.33. The van der Waals surface area contributed by atoms with E-state index >= 15 is 0 Å². The van der Waals surface area contributed by atoms with E-state index in [0.717, 1.165) is 5.56 Å². The highest BCUT2D eigenvalue weighted by Gasteiger charge is 2.32. The number of rotatable bonds is 9. The second kappa shape index (κ2) is 11.2. The molecule has 0 bridgehead atoms. The van der Waals surface area contributed by atoms with Crippen LogP contribution in [0.15, 0.2) is 42.5 Å². The molecule has 1 atom stereocenters. The van der Waals surface area contributed by atoms with E-state index in [1.165, 1.54) is 9.70 Å². The lowest BCUT2D eigenvalue weighted by Crippen LogP contribution is -2.54. The zero-order valence-electron chi connectivity index (χ0n) is 21.9. The monoisotopic (exact) mass is 494 g/mol. The zero-order valence-corrected chi connectivity index (χ0v) is 21.9. The van der Waals surface area contributed by atoms with Gasteiger partial charge in [-0.15, -0.1) is 10.2 Å². The van der Waals surface area contributed by atoms with Crippen molar-refractivity contribution in [1.29, 1.82) is 0 Å². The second-order valence-corrected chi connectivity index (χ2v) is 9.43. The molecular formula is C26H34N6O4. The van der Waals surface area contributed by atoms with E-state index in [1.807, 2.05) is 58.9 Å². The summed E-state index contributed by atoms with van der Waals surface area (Å²) in [6.07, 6.45) is 0.434. The Kier molecular flexibility index (Phi) is 8.29. The number of tetrazole rings is 1. The maximum atomic E-state index is 13.6. The summed E-state index contributed by atoms with van der Waals surface area (Å²) in [4.78, 5) is 29.6.